The van der Waals surface area contributed by atoms with Crippen LogP contribution < -0.4 is 5.56 Å². The lowest BCUT2D eigenvalue weighted by atomic mass is 9.99. The van der Waals surface area contributed by atoms with Gasteiger partial charge in [0.15, 0.2) is 6.61 Å². The minimum atomic E-state index is -0.503. The maximum atomic E-state index is 12.3. The zero-order valence-electron chi connectivity index (χ0n) is 15.9. The number of benzene rings is 1. The first-order valence-corrected chi connectivity index (χ1v) is 8.63. The van der Waals surface area contributed by atoms with E-state index in [0.29, 0.717) is 23.2 Å². The summed E-state index contributed by atoms with van der Waals surface area (Å²) < 4.78 is 5.11. The van der Waals surface area contributed by atoms with E-state index in [2.05, 4.69) is 4.98 Å². The summed E-state index contributed by atoms with van der Waals surface area (Å²) in [6.07, 6.45) is 0.373. The van der Waals surface area contributed by atoms with Crippen LogP contribution in [-0.4, -0.2) is 23.3 Å². The van der Waals surface area contributed by atoms with Crippen LogP contribution in [0.2, 0.25) is 0 Å². The third-order valence-corrected chi connectivity index (χ3v) is 4.56. The number of nitrogens with zero attached hydrogens (tertiary/aromatic N) is 1. The van der Waals surface area contributed by atoms with Gasteiger partial charge in [0.05, 0.1) is 0 Å². The average molecular weight is 366 g/mol. The molecule has 1 heterocycles. The minimum absolute atomic E-state index is 0.0501. The summed E-state index contributed by atoms with van der Waals surface area (Å²) in [5.74, 6) is -0.745. The summed E-state index contributed by atoms with van der Waals surface area (Å²) in [5.41, 5.74) is 3.90. The van der Waals surface area contributed by atoms with Crippen LogP contribution in [0.5, 0.6) is 0 Å². The Morgan fingerprint density at radius 1 is 1.19 bits per heavy atom. The Morgan fingerprint density at radius 2 is 1.89 bits per heavy atom. The highest BCUT2D eigenvalue weighted by atomic mass is 16.5. The van der Waals surface area contributed by atoms with Gasteiger partial charge in [-0.15, -0.1) is 0 Å². The van der Waals surface area contributed by atoms with E-state index in [1.54, 1.807) is 19.9 Å². The van der Waals surface area contributed by atoms with Crippen molar-refractivity contribution in [2.75, 3.05) is 6.61 Å². The molecule has 0 bridgehead atoms. The highest BCUT2D eigenvalue weighted by molar-refractivity contribution is 5.99. The summed E-state index contributed by atoms with van der Waals surface area (Å²) in [4.78, 5) is 38.7. The van der Waals surface area contributed by atoms with Gasteiger partial charge in [-0.2, -0.15) is 5.26 Å². The first kappa shape index (κ1) is 20.1. The smallest absolute Gasteiger partial charge is 0.306 e. The molecule has 6 heteroatoms. The van der Waals surface area contributed by atoms with Gasteiger partial charge in [-0.1, -0.05) is 17.7 Å². The van der Waals surface area contributed by atoms with Crippen LogP contribution in [0, 0.1) is 39.0 Å². The van der Waals surface area contributed by atoms with Crippen molar-refractivity contribution in [3.8, 4) is 6.07 Å². The fourth-order valence-corrected chi connectivity index (χ4v) is 2.98. The molecule has 2 aromatic rings. The van der Waals surface area contributed by atoms with Crippen LogP contribution in [0.4, 0.5) is 0 Å². The molecule has 0 fully saturated rings. The number of pyridine rings is 1. The summed E-state index contributed by atoms with van der Waals surface area (Å²) in [7, 11) is 0. The molecule has 0 saturated carbocycles. The average Bonchev–Trinajstić information content (AvgIpc) is 2.61. The first-order chi connectivity index (χ1) is 12.7. The number of carbonyl (C=O) groups excluding carboxylic acids is 2. The maximum Gasteiger partial charge on any atom is 0.306 e. The van der Waals surface area contributed by atoms with Gasteiger partial charge < -0.3 is 9.72 Å². The molecule has 140 valence electrons. The molecule has 0 unspecified atom stereocenters. The first-order valence-electron chi connectivity index (χ1n) is 8.63. The van der Waals surface area contributed by atoms with Crippen LogP contribution in [-0.2, 0) is 16.0 Å². The van der Waals surface area contributed by atoms with Crippen molar-refractivity contribution in [1.82, 2.24) is 4.98 Å². The lowest BCUT2D eigenvalue weighted by Gasteiger charge is -2.11. The van der Waals surface area contributed by atoms with E-state index >= 15 is 0 Å². The predicted molar refractivity (Wildman–Crippen MR) is 101 cm³/mol. The van der Waals surface area contributed by atoms with Crippen LogP contribution in [0.3, 0.4) is 0 Å². The normalized spacial score (nSPS) is 10.3. The predicted octanol–water partition coefficient (Wildman–Crippen LogP) is 2.84. The van der Waals surface area contributed by atoms with Gasteiger partial charge >= 0.3 is 5.97 Å². The van der Waals surface area contributed by atoms with Crippen LogP contribution >= 0.6 is 0 Å². The van der Waals surface area contributed by atoms with Gasteiger partial charge in [-0.3, -0.25) is 14.4 Å². The van der Waals surface area contributed by atoms with E-state index in [9.17, 15) is 14.4 Å². The largest absolute Gasteiger partial charge is 0.457 e. The number of rotatable bonds is 6. The van der Waals surface area contributed by atoms with E-state index in [-0.39, 0.29) is 24.4 Å². The summed E-state index contributed by atoms with van der Waals surface area (Å²) in [5, 5.41) is 9.09. The van der Waals surface area contributed by atoms with E-state index in [4.69, 9.17) is 10.00 Å². The number of nitrogens with one attached hydrogen (secondary N) is 1. The number of H-pyrrole nitrogens is 1. The van der Waals surface area contributed by atoms with Crippen molar-refractivity contribution in [2.24, 2.45) is 0 Å². The molecule has 0 amide bonds. The van der Waals surface area contributed by atoms with E-state index in [1.165, 1.54) is 0 Å². The molecule has 6 nitrogen and oxygen atoms in total. The molecule has 27 heavy (non-hydrogen) atoms. The van der Waals surface area contributed by atoms with Crippen molar-refractivity contribution < 1.29 is 14.3 Å². The number of aromatic amines is 1. The van der Waals surface area contributed by atoms with Crippen LogP contribution in [0.15, 0.2) is 23.0 Å². The van der Waals surface area contributed by atoms with Gasteiger partial charge in [-0.25, -0.2) is 0 Å². The van der Waals surface area contributed by atoms with Gasteiger partial charge in [0.1, 0.15) is 11.6 Å². The molecule has 0 saturated heterocycles. The Morgan fingerprint density at radius 3 is 2.56 bits per heavy atom. The molecule has 1 aromatic carbocycles. The fraction of sp³-hybridized carbons (Fsp3) is 0.333. The van der Waals surface area contributed by atoms with Crippen molar-refractivity contribution in [3.05, 3.63) is 67.6 Å². The summed E-state index contributed by atoms with van der Waals surface area (Å²) >= 11 is 0. The molecule has 0 aliphatic carbocycles. The number of ketones is 1. The number of carbonyl (C=O) groups is 2. The van der Waals surface area contributed by atoms with Gasteiger partial charge in [-0.05, 0) is 56.9 Å². The number of hydrogen-bond donors (Lipinski definition) is 1. The molecule has 2 rings (SSSR count). The lowest BCUT2D eigenvalue weighted by molar-refractivity contribution is -0.142. The second-order valence-electron chi connectivity index (χ2n) is 6.57. The quantitative estimate of drug-likeness (QED) is 0.626. The standard InChI is InChI=1S/C21H22N2O4/c1-12-5-6-13(2)17(9-12)19(24)11-27-20(25)8-7-16-14(3)18(10-22)21(26)23-15(16)4/h5-6,9H,7-8,11H2,1-4H3,(H,23,26). The van der Waals surface area contributed by atoms with Gasteiger partial charge in [0.2, 0.25) is 5.78 Å². The van der Waals surface area contributed by atoms with Gasteiger partial charge in [0, 0.05) is 17.7 Å². The number of ether oxygens (including phenoxy) is 1. The van der Waals surface area contributed by atoms with Crippen molar-refractivity contribution >= 4 is 11.8 Å². The second-order valence-corrected chi connectivity index (χ2v) is 6.57. The highest BCUT2D eigenvalue weighted by Crippen LogP contribution is 2.16. The second kappa shape index (κ2) is 8.45. The Labute approximate surface area is 157 Å². The summed E-state index contributed by atoms with van der Waals surface area (Å²) in [6, 6.07) is 7.44. The zero-order valence-corrected chi connectivity index (χ0v) is 15.9. The SMILES string of the molecule is Cc1ccc(C)c(C(=O)COC(=O)CCc2c(C)[nH]c(=O)c(C#N)c2C)c1. The number of esters is 1. The fourth-order valence-electron chi connectivity index (χ4n) is 2.98. The Balaban J connectivity index is 2.00. The Hall–Kier alpha value is -3.20. The van der Waals surface area contributed by atoms with E-state index in [0.717, 1.165) is 16.7 Å². The van der Waals surface area contributed by atoms with Crippen molar-refractivity contribution in [3.63, 3.8) is 0 Å². The van der Waals surface area contributed by atoms with Crippen molar-refractivity contribution in [1.29, 1.82) is 5.26 Å². The molecule has 0 aliphatic rings. The molecule has 1 N–H and O–H groups in total. The molecule has 0 spiro atoms. The van der Waals surface area contributed by atoms with Crippen LogP contribution in [0.1, 0.15) is 50.3 Å². The van der Waals surface area contributed by atoms with E-state index in [1.807, 2.05) is 32.0 Å². The van der Waals surface area contributed by atoms with Crippen molar-refractivity contribution in [2.45, 2.75) is 40.5 Å². The molecular weight excluding hydrogens is 344 g/mol. The molecule has 0 radical (unpaired) electrons. The number of Topliss-reactive ketones (excluding diaryl/α,β-unsaturated/α-hetero) is 1. The topological polar surface area (TPSA) is 100 Å². The molecule has 0 atom stereocenters. The zero-order chi connectivity index (χ0) is 20.1. The maximum absolute atomic E-state index is 12.3. The third-order valence-electron chi connectivity index (χ3n) is 4.56. The van der Waals surface area contributed by atoms with Gasteiger partial charge in [0.25, 0.3) is 5.56 Å². The molecule has 1 aromatic heterocycles. The summed E-state index contributed by atoms with van der Waals surface area (Å²) in [6.45, 7) is 6.83. The number of aryl methyl sites for hydroxylation is 3. The number of aromatic nitrogens is 1. The Kier molecular flexibility index (Phi) is 6.30. The van der Waals surface area contributed by atoms with E-state index < -0.39 is 11.5 Å². The monoisotopic (exact) mass is 366 g/mol. The molecule has 0 aliphatic heterocycles. The highest BCUT2D eigenvalue weighted by Gasteiger charge is 2.16. The molecular formula is C21H22N2O4. The lowest BCUT2D eigenvalue weighted by Crippen LogP contribution is -2.18. The Bertz CT molecular complexity index is 996. The number of nitriles is 1. The minimum Gasteiger partial charge on any atom is -0.457 e. The third kappa shape index (κ3) is 4.70. The van der Waals surface area contributed by atoms with Crippen LogP contribution in [0.25, 0.3) is 0 Å². The number of hydrogen-bond acceptors (Lipinski definition) is 5.